The maximum Gasteiger partial charge on any atom is 0.242 e. The molecule has 0 aliphatic heterocycles. The minimum atomic E-state index is -3.52. The maximum atomic E-state index is 12.5. The van der Waals surface area contributed by atoms with Gasteiger partial charge in [0.2, 0.25) is 10.0 Å². The molecule has 0 saturated heterocycles. The molecule has 0 unspecified atom stereocenters. The van der Waals surface area contributed by atoms with Gasteiger partial charge in [-0.2, -0.15) is 0 Å². The van der Waals surface area contributed by atoms with Gasteiger partial charge in [-0.15, -0.1) is 0 Å². The molecule has 1 aliphatic carbocycles. The van der Waals surface area contributed by atoms with E-state index in [1.165, 1.54) is 0 Å². The monoisotopic (exact) mass is 306 g/mol. The molecule has 2 aromatic rings. The van der Waals surface area contributed by atoms with Crippen molar-refractivity contribution in [2.45, 2.75) is 30.2 Å². The highest BCUT2D eigenvalue weighted by Crippen LogP contribution is 2.25. The van der Waals surface area contributed by atoms with Crippen molar-refractivity contribution in [3.63, 3.8) is 0 Å². The summed E-state index contributed by atoms with van der Waals surface area (Å²) in [7, 11) is -3.52. The highest BCUT2D eigenvalue weighted by molar-refractivity contribution is 7.89. The van der Waals surface area contributed by atoms with Crippen LogP contribution in [0.15, 0.2) is 41.6 Å². The van der Waals surface area contributed by atoms with Crippen molar-refractivity contribution in [1.82, 2.24) is 14.3 Å². The molecular weight excluding hydrogens is 288 g/mol. The molecule has 7 heteroatoms. The Labute approximate surface area is 124 Å². The lowest BCUT2D eigenvalue weighted by atomic mass is 10.3. The fourth-order valence-electron chi connectivity index (χ4n) is 2.24. The number of hydrogen-bond donors (Lipinski definition) is 2. The van der Waals surface area contributed by atoms with E-state index in [1.807, 2.05) is 6.07 Å². The van der Waals surface area contributed by atoms with Gasteiger partial charge in [-0.25, -0.2) is 18.1 Å². The predicted octanol–water partition coefficient (Wildman–Crippen LogP) is 0.814. The van der Waals surface area contributed by atoms with Crippen molar-refractivity contribution in [2.75, 3.05) is 6.54 Å². The summed E-state index contributed by atoms with van der Waals surface area (Å²) >= 11 is 0. The molecule has 3 N–H and O–H groups in total. The van der Waals surface area contributed by atoms with Crippen molar-refractivity contribution in [1.29, 1.82) is 0 Å². The number of para-hydroxylation sites is 1. The zero-order chi connectivity index (χ0) is 14.9. The number of nitrogens with zero attached hydrogens (tertiary/aromatic N) is 2. The number of benzene rings is 1. The quantitative estimate of drug-likeness (QED) is 0.826. The summed E-state index contributed by atoms with van der Waals surface area (Å²) in [4.78, 5) is 4.52. The van der Waals surface area contributed by atoms with E-state index >= 15 is 0 Å². The van der Waals surface area contributed by atoms with E-state index in [1.54, 1.807) is 35.2 Å². The third-order valence-electron chi connectivity index (χ3n) is 3.40. The molecule has 1 aromatic heterocycles. The van der Waals surface area contributed by atoms with Crippen LogP contribution in [0, 0.1) is 0 Å². The standard InChI is InChI=1S/C14H18N4O2S/c15-8-7-14-16-9-10-18(14)12-3-1-2-4-13(12)21(19,20)17-11-5-6-11/h1-4,9-11,17H,5-8,15H2. The second-order valence-corrected chi connectivity index (χ2v) is 6.80. The normalized spacial score (nSPS) is 15.3. The number of sulfonamides is 1. The Morgan fingerprint density at radius 3 is 2.81 bits per heavy atom. The number of aromatic nitrogens is 2. The number of hydrogen-bond acceptors (Lipinski definition) is 4. The van der Waals surface area contributed by atoms with E-state index in [-0.39, 0.29) is 10.9 Å². The second kappa shape index (κ2) is 5.59. The van der Waals surface area contributed by atoms with Crippen LogP contribution in [0.1, 0.15) is 18.7 Å². The van der Waals surface area contributed by atoms with Crippen LogP contribution in [0.2, 0.25) is 0 Å². The van der Waals surface area contributed by atoms with Gasteiger partial charge in [0.15, 0.2) is 0 Å². The SMILES string of the molecule is NCCc1nccn1-c1ccccc1S(=O)(=O)NC1CC1. The Kier molecular flexibility index (Phi) is 3.79. The smallest absolute Gasteiger partial charge is 0.242 e. The summed E-state index contributed by atoms with van der Waals surface area (Å²) in [5.41, 5.74) is 6.18. The fourth-order valence-corrected chi connectivity index (χ4v) is 3.74. The van der Waals surface area contributed by atoms with Crippen LogP contribution in [0.3, 0.4) is 0 Å². The molecular formula is C14H18N4O2S. The summed E-state index contributed by atoms with van der Waals surface area (Å²) < 4.78 is 29.5. The van der Waals surface area contributed by atoms with E-state index in [9.17, 15) is 8.42 Å². The van der Waals surface area contributed by atoms with Crippen LogP contribution in [-0.2, 0) is 16.4 Å². The minimum absolute atomic E-state index is 0.0781. The number of nitrogens with two attached hydrogens (primary N) is 1. The molecule has 1 saturated carbocycles. The van der Waals surface area contributed by atoms with Crippen LogP contribution < -0.4 is 10.5 Å². The van der Waals surface area contributed by atoms with Gasteiger partial charge < -0.3 is 10.3 Å². The van der Waals surface area contributed by atoms with Crippen molar-refractivity contribution in [2.24, 2.45) is 5.73 Å². The number of nitrogens with one attached hydrogen (secondary N) is 1. The largest absolute Gasteiger partial charge is 0.330 e. The Morgan fingerprint density at radius 1 is 1.33 bits per heavy atom. The summed E-state index contributed by atoms with van der Waals surface area (Å²) in [6.07, 6.45) is 5.83. The van der Waals surface area contributed by atoms with Gasteiger partial charge in [-0.1, -0.05) is 12.1 Å². The third-order valence-corrected chi connectivity index (χ3v) is 4.97. The van der Waals surface area contributed by atoms with E-state index in [0.29, 0.717) is 18.7 Å². The van der Waals surface area contributed by atoms with Gasteiger partial charge in [-0.05, 0) is 31.5 Å². The zero-order valence-corrected chi connectivity index (χ0v) is 12.4. The second-order valence-electron chi connectivity index (χ2n) is 5.12. The molecule has 0 amide bonds. The molecule has 6 nitrogen and oxygen atoms in total. The van der Waals surface area contributed by atoms with Crippen LogP contribution in [0.25, 0.3) is 5.69 Å². The lowest BCUT2D eigenvalue weighted by Gasteiger charge is -2.13. The zero-order valence-electron chi connectivity index (χ0n) is 11.6. The van der Waals surface area contributed by atoms with Crippen LogP contribution in [-0.4, -0.2) is 30.6 Å². The van der Waals surface area contributed by atoms with Gasteiger partial charge in [0.05, 0.1) is 5.69 Å². The Bertz CT molecular complexity index is 735. The molecule has 3 rings (SSSR count). The first kappa shape index (κ1) is 14.2. The molecule has 1 fully saturated rings. The van der Waals surface area contributed by atoms with Crippen molar-refractivity contribution in [3.8, 4) is 5.69 Å². The summed E-state index contributed by atoms with van der Waals surface area (Å²) in [5, 5.41) is 0. The van der Waals surface area contributed by atoms with Gasteiger partial charge >= 0.3 is 0 Å². The molecule has 0 spiro atoms. The lowest BCUT2D eigenvalue weighted by Crippen LogP contribution is -2.27. The molecule has 1 aliphatic rings. The highest BCUT2D eigenvalue weighted by Gasteiger charge is 2.29. The Morgan fingerprint density at radius 2 is 2.10 bits per heavy atom. The molecule has 112 valence electrons. The first-order valence-corrected chi connectivity index (χ1v) is 8.44. The average Bonchev–Trinajstić information content (AvgIpc) is 3.14. The van der Waals surface area contributed by atoms with Gasteiger partial charge in [-0.3, -0.25) is 0 Å². The molecule has 0 radical (unpaired) electrons. The third kappa shape index (κ3) is 2.99. The summed E-state index contributed by atoms with van der Waals surface area (Å²) in [6, 6.07) is 7.02. The summed E-state index contributed by atoms with van der Waals surface area (Å²) in [6.45, 7) is 0.465. The molecule has 21 heavy (non-hydrogen) atoms. The molecule has 1 heterocycles. The van der Waals surface area contributed by atoms with E-state index < -0.39 is 10.0 Å². The first-order valence-electron chi connectivity index (χ1n) is 6.96. The van der Waals surface area contributed by atoms with Crippen LogP contribution in [0.4, 0.5) is 0 Å². The first-order chi connectivity index (χ1) is 10.1. The van der Waals surface area contributed by atoms with E-state index in [2.05, 4.69) is 9.71 Å². The van der Waals surface area contributed by atoms with Crippen molar-refractivity contribution in [3.05, 3.63) is 42.5 Å². The van der Waals surface area contributed by atoms with Crippen LogP contribution in [0.5, 0.6) is 0 Å². The minimum Gasteiger partial charge on any atom is -0.330 e. The highest BCUT2D eigenvalue weighted by atomic mass is 32.2. The molecule has 0 atom stereocenters. The number of rotatable bonds is 6. The molecule has 1 aromatic carbocycles. The maximum absolute atomic E-state index is 12.5. The fraction of sp³-hybridized carbons (Fsp3) is 0.357. The van der Waals surface area contributed by atoms with E-state index in [0.717, 1.165) is 18.7 Å². The molecule has 0 bridgehead atoms. The predicted molar refractivity (Wildman–Crippen MR) is 79.7 cm³/mol. The van der Waals surface area contributed by atoms with Crippen LogP contribution >= 0.6 is 0 Å². The topological polar surface area (TPSA) is 90.0 Å². The average molecular weight is 306 g/mol. The number of imidazole rings is 1. The van der Waals surface area contributed by atoms with Gasteiger partial charge in [0.1, 0.15) is 10.7 Å². The van der Waals surface area contributed by atoms with Crippen molar-refractivity contribution < 1.29 is 8.42 Å². The Balaban J connectivity index is 2.05. The van der Waals surface area contributed by atoms with Gasteiger partial charge in [0.25, 0.3) is 0 Å². The van der Waals surface area contributed by atoms with Crippen molar-refractivity contribution >= 4 is 10.0 Å². The summed E-state index contributed by atoms with van der Waals surface area (Å²) in [5.74, 6) is 0.756. The van der Waals surface area contributed by atoms with E-state index in [4.69, 9.17) is 5.73 Å². The van der Waals surface area contributed by atoms with Gasteiger partial charge in [0, 0.05) is 24.9 Å². The Hall–Kier alpha value is -1.70. The lowest BCUT2D eigenvalue weighted by molar-refractivity contribution is 0.580.